The molecule has 1 saturated heterocycles. The van der Waals surface area contributed by atoms with Gasteiger partial charge in [0.1, 0.15) is 0 Å². The first-order valence-corrected chi connectivity index (χ1v) is 6.65. The Balaban J connectivity index is 1.97. The first-order chi connectivity index (χ1) is 6.31. The fourth-order valence-corrected chi connectivity index (χ4v) is 2.97. The van der Waals surface area contributed by atoms with Gasteiger partial charge in [0.2, 0.25) is 5.91 Å². The van der Waals surface area contributed by atoms with Crippen molar-refractivity contribution < 1.29 is 4.79 Å². The van der Waals surface area contributed by atoms with Gasteiger partial charge < -0.3 is 4.90 Å². The van der Waals surface area contributed by atoms with Gasteiger partial charge in [0.15, 0.2) is 0 Å². The Hall–Kier alpha value is 0.0300. The van der Waals surface area contributed by atoms with E-state index in [4.69, 9.17) is 0 Å². The van der Waals surface area contributed by atoms with Crippen LogP contribution in [0.1, 0.15) is 6.42 Å². The van der Waals surface area contributed by atoms with Crippen LogP contribution in [0.3, 0.4) is 0 Å². The van der Waals surface area contributed by atoms with E-state index in [-0.39, 0.29) is 5.91 Å². The lowest BCUT2D eigenvalue weighted by Gasteiger charge is -2.41. The summed E-state index contributed by atoms with van der Waals surface area (Å²) in [6, 6.07) is 0. The van der Waals surface area contributed by atoms with Crippen LogP contribution in [0.5, 0.6) is 0 Å². The van der Waals surface area contributed by atoms with Crippen molar-refractivity contribution in [1.82, 2.24) is 4.90 Å². The summed E-state index contributed by atoms with van der Waals surface area (Å²) in [6.07, 6.45) is 9.09. The SMILES string of the molecule is O=C1C[C@H]2SC(C=CCI)C=CN12. The maximum absolute atomic E-state index is 11.0. The number of thioether (sulfide) groups is 1. The monoisotopic (exact) mass is 307 g/mol. The van der Waals surface area contributed by atoms with Gasteiger partial charge in [0, 0.05) is 15.9 Å². The van der Waals surface area contributed by atoms with Gasteiger partial charge in [-0.25, -0.2) is 0 Å². The third-order valence-corrected chi connectivity index (χ3v) is 3.96. The van der Waals surface area contributed by atoms with Crippen molar-refractivity contribution in [1.29, 1.82) is 0 Å². The van der Waals surface area contributed by atoms with E-state index in [1.165, 1.54) is 0 Å². The highest BCUT2D eigenvalue weighted by Crippen LogP contribution is 2.37. The molecule has 0 aliphatic carbocycles. The first-order valence-electron chi connectivity index (χ1n) is 4.19. The molecule has 2 rings (SSSR count). The molecule has 1 amide bonds. The summed E-state index contributed by atoms with van der Waals surface area (Å²) >= 11 is 4.18. The van der Waals surface area contributed by atoms with Crippen molar-refractivity contribution in [2.24, 2.45) is 0 Å². The van der Waals surface area contributed by atoms with E-state index in [9.17, 15) is 4.79 Å². The van der Waals surface area contributed by atoms with Crippen molar-refractivity contribution in [2.75, 3.05) is 4.43 Å². The van der Waals surface area contributed by atoms with Crippen LogP contribution in [-0.4, -0.2) is 25.9 Å². The molecule has 2 heterocycles. The highest BCUT2D eigenvalue weighted by molar-refractivity contribution is 14.1. The van der Waals surface area contributed by atoms with Gasteiger partial charge in [-0.05, 0) is 0 Å². The first kappa shape index (κ1) is 9.58. The van der Waals surface area contributed by atoms with E-state index in [0.717, 1.165) is 4.43 Å². The zero-order chi connectivity index (χ0) is 9.26. The van der Waals surface area contributed by atoms with Crippen LogP contribution in [-0.2, 0) is 4.79 Å². The number of carbonyl (C=O) groups excluding carboxylic acids is 1. The quantitative estimate of drug-likeness (QED) is 0.337. The largest absolute Gasteiger partial charge is 0.306 e. The molecule has 1 unspecified atom stereocenters. The molecular formula is C9H10INOS. The fraction of sp³-hybridized carbons (Fsp3) is 0.444. The second-order valence-corrected chi connectivity index (χ2v) is 5.23. The molecule has 0 radical (unpaired) electrons. The molecule has 0 aromatic heterocycles. The summed E-state index contributed by atoms with van der Waals surface area (Å²) in [5, 5.41) is 0.866. The van der Waals surface area contributed by atoms with Gasteiger partial charge >= 0.3 is 0 Å². The number of carbonyl (C=O) groups is 1. The predicted octanol–water partition coefficient (Wildman–Crippen LogP) is 2.17. The molecule has 70 valence electrons. The van der Waals surface area contributed by atoms with Gasteiger partial charge in [0.25, 0.3) is 0 Å². The van der Waals surface area contributed by atoms with E-state index in [2.05, 4.69) is 40.8 Å². The molecule has 0 saturated carbocycles. The average Bonchev–Trinajstić information content (AvgIpc) is 2.13. The molecule has 1 fully saturated rings. The van der Waals surface area contributed by atoms with Gasteiger partial charge in [-0.1, -0.05) is 40.8 Å². The molecule has 0 spiro atoms. The summed E-state index contributed by atoms with van der Waals surface area (Å²) < 4.78 is 1.05. The highest BCUT2D eigenvalue weighted by Gasteiger charge is 2.38. The minimum absolute atomic E-state index is 0.255. The van der Waals surface area contributed by atoms with Crippen molar-refractivity contribution >= 4 is 40.3 Å². The number of hydrogen-bond donors (Lipinski definition) is 0. The Labute approximate surface area is 95.6 Å². The standard InChI is InChI=1S/C9H10INOS/c10-4-1-2-7-3-5-11-8(12)6-9(11)13-7/h1-3,5,7,9H,4,6H2/t7?,9-/m1/s1. The van der Waals surface area contributed by atoms with Gasteiger partial charge in [-0.15, -0.1) is 11.8 Å². The summed E-state index contributed by atoms with van der Waals surface area (Å²) in [7, 11) is 0. The molecule has 2 atom stereocenters. The lowest BCUT2D eigenvalue weighted by Crippen LogP contribution is -2.49. The number of hydrogen-bond acceptors (Lipinski definition) is 2. The van der Waals surface area contributed by atoms with Crippen LogP contribution in [0.4, 0.5) is 0 Å². The average molecular weight is 307 g/mol. The van der Waals surface area contributed by atoms with Crippen LogP contribution < -0.4 is 0 Å². The van der Waals surface area contributed by atoms with Crippen LogP contribution >= 0.6 is 34.4 Å². The molecule has 0 N–H and O–H groups in total. The normalized spacial score (nSPS) is 32.1. The molecule has 2 aliphatic rings. The van der Waals surface area contributed by atoms with E-state index < -0.39 is 0 Å². The van der Waals surface area contributed by atoms with E-state index in [1.807, 2.05) is 22.9 Å². The number of alkyl halides is 1. The number of amides is 1. The molecule has 2 nitrogen and oxygen atoms in total. The van der Waals surface area contributed by atoms with Gasteiger partial charge in [-0.2, -0.15) is 0 Å². The zero-order valence-corrected chi connectivity index (χ0v) is 9.99. The maximum Gasteiger partial charge on any atom is 0.230 e. The van der Waals surface area contributed by atoms with Crippen LogP contribution in [0, 0.1) is 0 Å². The second-order valence-electron chi connectivity index (χ2n) is 2.98. The van der Waals surface area contributed by atoms with E-state index in [0.29, 0.717) is 17.0 Å². The van der Waals surface area contributed by atoms with Crippen molar-refractivity contribution in [3.63, 3.8) is 0 Å². The van der Waals surface area contributed by atoms with Crippen molar-refractivity contribution in [2.45, 2.75) is 17.0 Å². The van der Waals surface area contributed by atoms with Crippen LogP contribution in [0.15, 0.2) is 24.4 Å². The Morgan fingerprint density at radius 1 is 1.77 bits per heavy atom. The minimum atomic E-state index is 0.255. The summed E-state index contributed by atoms with van der Waals surface area (Å²) in [6.45, 7) is 0. The van der Waals surface area contributed by atoms with Gasteiger partial charge in [0.05, 0.1) is 11.8 Å². The number of nitrogens with zero attached hydrogens (tertiary/aromatic N) is 1. The number of fused-ring (bicyclic) bond motifs is 1. The second kappa shape index (κ2) is 4.04. The Morgan fingerprint density at radius 3 is 3.23 bits per heavy atom. The molecule has 0 bridgehead atoms. The zero-order valence-electron chi connectivity index (χ0n) is 7.02. The minimum Gasteiger partial charge on any atom is -0.306 e. The molecule has 13 heavy (non-hydrogen) atoms. The number of allylic oxidation sites excluding steroid dienone is 1. The van der Waals surface area contributed by atoms with Crippen LogP contribution in [0.25, 0.3) is 0 Å². The van der Waals surface area contributed by atoms with Crippen molar-refractivity contribution in [3.8, 4) is 0 Å². The Morgan fingerprint density at radius 2 is 2.62 bits per heavy atom. The Kier molecular flexibility index (Phi) is 2.98. The maximum atomic E-state index is 11.0. The summed E-state index contributed by atoms with van der Waals surface area (Å²) in [5.74, 6) is 0.255. The molecular weight excluding hydrogens is 297 g/mol. The number of halogens is 1. The van der Waals surface area contributed by atoms with Crippen molar-refractivity contribution in [3.05, 3.63) is 24.4 Å². The molecule has 2 aliphatic heterocycles. The predicted molar refractivity (Wildman–Crippen MR) is 63.8 cm³/mol. The third-order valence-electron chi connectivity index (χ3n) is 2.11. The summed E-state index contributed by atoms with van der Waals surface area (Å²) in [5.41, 5.74) is 0. The van der Waals surface area contributed by atoms with Gasteiger partial charge in [-0.3, -0.25) is 4.79 Å². The Bertz CT molecular complexity index is 277. The van der Waals surface area contributed by atoms with Crippen LogP contribution in [0.2, 0.25) is 0 Å². The fourth-order valence-electron chi connectivity index (χ4n) is 1.39. The summed E-state index contributed by atoms with van der Waals surface area (Å²) in [4.78, 5) is 12.8. The molecule has 4 heteroatoms. The smallest absolute Gasteiger partial charge is 0.230 e. The molecule has 0 aromatic carbocycles. The lowest BCUT2D eigenvalue weighted by molar-refractivity contribution is -0.137. The number of β-lactam (4-membered cyclic amide) rings is 1. The topological polar surface area (TPSA) is 20.3 Å². The highest BCUT2D eigenvalue weighted by atomic mass is 127. The lowest BCUT2D eigenvalue weighted by atomic mass is 10.2. The van der Waals surface area contributed by atoms with E-state index >= 15 is 0 Å². The van der Waals surface area contributed by atoms with E-state index in [1.54, 1.807) is 0 Å². The third kappa shape index (κ3) is 1.93. The molecule has 0 aromatic rings. The number of rotatable bonds is 2.